The van der Waals surface area contributed by atoms with Crippen molar-refractivity contribution < 1.29 is 14.7 Å². The first-order valence-corrected chi connectivity index (χ1v) is 11.4. The van der Waals surface area contributed by atoms with E-state index in [9.17, 15) is 14.7 Å². The quantitative estimate of drug-likeness (QED) is 0.456. The Morgan fingerprint density at radius 2 is 2.03 bits per heavy atom. The molecule has 1 aromatic carbocycles. The zero-order chi connectivity index (χ0) is 20.6. The van der Waals surface area contributed by atoms with E-state index in [0.717, 1.165) is 10.4 Å². The Morgan fingerprint density at radius 1 is 1.24 bits per heavy atom. The molecular weight excluding hydrogens is 424 g/mol. The number of rotatable bonds is 9. The predicted molar refractivity (Wildman–Crippen MR) is 123 cm³/mol. The molecule has 0 spiro atoms. The summed E-state index contributed by atoms with van der Waals surface area (Å²) in [5.41, 5.74) is 1.06. The van der Waals surface area contributed by atoms with Crippen LogP contribution < -0.4 is 5.32 Å². The van der Waals surface area contributed by atoms with Crippen LogP contribution in [-0.4, -0.2) is 45.3 Å². The molecule has 1 aromatic heterocycles. The monoisotopic (exact) mass is 446 g/mol. The molecule has 29 heavy (non-hydrogen) atoms. The normalized spacial score (nSPS) is 16.4. The molecule has 0 radical (unpaired) electrons. The number of nitrogens with zero attached hydrogens (tertiary/aromatic N) is 1. The Bertz CT molecular complexity index is 882. The summed E-state index contributed by atoms with van der Waals surface area (Å²) in [6.45, 7) is 0.283. The number of thiocarbonyl (C=S) groups is 1. The van der Waals surface area contributed by atoms with Crippen molar-refractivity contribution in [3.05, 3.63) is 63.2 Å². The van der Waals surface area contributed by atoms with Crippen LogP contribution in [0.5, 0.6) is 0 Å². The van der Waals surface area contributed by atoms with Crippen molar-refractivity contribution in [2.45, 2.75) is 25.3 Å². The molecule has 1 aliphatic rings. The fourth-order valence-corrected chi connectivity index (χ4v) is 4.98. The van der Waals surface area contributed by atoms with E-state index in [4.69, 9.17) is 12.2 Å². The van der Waals surface area contributed by atoms with Gasteiger partial charge in [0.25, 0.3) is 5.91 Å². The first-order chi connectivity index (χ1) is 14.1. The summed E-state index contributed by atoms with van der Waals surface area (Å²) in [6.07, 6.45) is 3.21. The highest BCUT2D eigenvalue weighted by atomic mass is 32.2. The molecule has 0 bridgehead atoms. The van der Waals surface area contributed by atoms with Gasteiger partial charge in [-0.3, -0.25) is 14.5 Å². The molecular formula is C21H22N2O3S3. The van der Waals surface area contributed by atoms with E-state index in [0.29, 0.717) is 28.6 Å². The number of carbonyl (C=O) groups excluding carboxylic acids is 2. The minimum atomic E-state index is -0.324. The van der Waals surface area contributed by atoms with E-state index >= 15 is 0 Å². The third-order valence-electron chi connectivity index (χ3n) is 4.39. The summed E-state index contributed by atoms with van der Waals surface area (Å²) in [7, 11) is 0. The highest BCUT2D eigenvalue weighted by Gasteiger charge is 2.31. The Hall–Kier alpha value is -2.00. The highest BCUT2D eigenvalue weighted by molar-refractivity contribution is 8.26. The smallest absolute Gasteiger partial charge is 0.266 e. The highest BCUT2D eigenvalue weighted by Crippen LogP contribution is 2.33. The molecule has 1 fully saturated rings. The first kappa shape index (κ1) is 21.7. The van der Waals surface area contributed by atoms with Gasteiger partial charge in [0.15, 0.2) is 0 Å². The first-order valence-electron chi connectivity index (χ1n) is 9.30. The van der Waals surface area contributed by atoms with Gasteiger partial charge in [0.1, 0.15) is 4.32 Å². The van der Waals surface area contributed by atoms with Crippen LogP contribution in [0.4, 0.5) is 0 Å². The molecule has 0 saturated carbocycles. The van der Waals surface area contributed by atoms with Crippen LogP contribution in [0.2, 0.25) is 0 Å². The van der Waals surface area contributed by atoms with Gasteiger partial charge in [0, 0.05) is 17.8 Å². The van der Waals surface area contributed by atoms with Crippen molar-refractivity contribution in [2.24, 2.45) is 0 Å². The summed E-state index contributed by atoms with van der Waals surface area (Å²) < 4.78 is 0.524. The third kappa shape index (κ3) is 6.24. The van der Waals surface area contributed by atoms with E-state index < -0.39 is 0 Å². The predicted octanol–water partition coefficient (Wildman–Crippen LogP) is 3.45. The molecule has 0 aliphatic carbocycles. The van der Waals surface area contributed by atoms with Crippen molar-refractivity contribution in [1.82, 2.24) is 10.2 Å². The molecule has 1 saturated heterocycles. The Labute approximate surface area is 183 Å². The molecule has 8 heteroatoms. The van der Waals surface area contributed by atoms with Crippen molar-refractivity contribution in [1.29, 1.82) is 0 Å². The average Bonchev–Trinajstić information content (AvgIpc) is 3.32. The number of hydrogen-bond donors (Lipinski definition) is 2. The van der Waals surface area contributed by atoms with Crippen LogP contribution >= 0.6 is 35.3 Å². The number of thioether (sulfide) groups is 1. The summed E-state index contributed by atoms with van der Waals surface area (Å²) >= 11 is 8.19. The lowest BCUT2D eigenvalue weighted by molar-refractivity contribution is -0.124. The van der Waals surface area contributed by atoms with Crippen LogP contribution in [0.15, 0.2) is 52.7 Å². The van der Waals surface area contributed by atoms with E-state index in [-0.39, 0.29) is 30.9 Å². The molecule has 2 amide bonds. The molecule has 3 rings (SSSR count). The maximum absolute atomic E-state index is 12.6. The van der Waals surface area contributed by atoms with Gasteiger partial charge in [-0.1, -0.05) is 60.4 Å². The van der Waals surface area contributed by atoms with Gasteiger partial charge < -0.3 is 10.4 Å². The number of hydrogen-bond acceptors (Lipinski definition) is 6. The Kier molecular flexibility index (Phi) is 8.00. The molecule has 2 N–H and O–H groups in total. The molecule has 5 nitrogen and oxygen atoms in total. The summed E-state index contributed by atoms with van der Waals surface area (Å²) in [5.74, 6) is -0.245. The van der Waals surface area contributed by atoms with Crippen LogP contribution in [0.1, 0.15) is 23.3 Å². The lowest BCUT2D eigenvalue weighted by atomic mass is 10.1. The van der Waals surface area contributed by atoms with Gasteiger partial charge in [-0.2, -0.15) is 0 Å². The summed E-state index contributed by atoms with van der Waals surface area (Å²) in [4.78, 5) is 28.0. The Balaban J connectivity index is 1.46. The van der Waals surface area contributed by atoms with E-state index in [1.54, 1.807) is 16.2 Å². The number of amides is 2. The van der Waals surface area contributed by atoms with Crippen molar-refractivity contribution in [3.63, 3.8) is 0 Å². The van der Waals surface area contributed by atoms with E-state index in [2.05, 4.69) is 5.32 Å². The topological polar surface area (TPSA) is 69.6 Å². The van der Waals surface area contributed by atoms with Gasteiger partial charge in [0.2, 0.25) is 5.91 Å². The van der Waals surface area contributed by atoms with Gasteiger partial charge in [0.05, 0.1) is 17.6 Å². The van der Waals surface area contributed by atoms with Crippen LogP contribution in [0, 0.1) is 0 Å². The number of aliphatic hydroxyl groups excluding tert-OH is 1. The lowest BCUT2D eigenvalue weighted by Crippen LogP contribution is -2.39. The van der Waals surface area contributed by atoms with Crippen LogP contribution in [-0.2, 0) is 16.0 Å². The third-order valence-corrected chi connectivity index (χ3v) is 6.58. The molecule has 2 heterocycles. The standard InChI is InChI=1S/C21H22N2O3S3/c24-14-16(12-15-6-2-1-3-7-15)22-19(25)9-4-10-23-20(26)18(29-21(23)27)13-17-8-5-11-28-17/h1-3,5-8,11,13,16,24H,4,9-10,12,14H2,(H,22,25)/b18-13-/t16-/m0/s1. The maximum Gasteiger partial charge on any atom is 0.266 e. The number of thiophene rings is 1. The fourth-order valence-electron chi connectivity index (χ4n) is 2.95. The SMILES string of the molecule is O=C(CCCN1C(=O)/C(=C/c2cccs2)SC1=S)N[C@H](CO)Cc1ccccc1. The molecule has 0 unspecified atom stereocenters. The second-order valence-corrected chi connectivity index (χ2v) is 9.24. The number of benzene rings is 1. The zero-order valence-electron chi connectivity index (χ0n) is 15.7. The van der Waals surface area contributed by atoms with Crippen molar-refractivity contribution in [2.75, 3.05) is 13.2 Å². The second-order valence-electron chi connectivity index (χ2n) is 6.59. The Morgan fingerprint density at radius 3 is 2.72 bits per heavy atom. The zero-order valence-corrected chi connectivity index (χ0v) is 18.2. The molecule has 2 aromatic rings. The second kappa shape index (κ2) is 10.7. The van der Waals surface area contributed by atoms with Crippen LogP contribution in [0.3, 0.4) is 0 Å². The lowest BCUT2D eigenvalue weighted by Gasteiger charge is -2.17. The summed E-state index contributed by atoms with van der Waals surface area (Å²) in [5, 5.41) is 14.4. The van der Waals surface area contributed by atoms with E-state index in [1.165, 1.54) is 11.8 Å². The van der Waals surface area contributed by atoms with Gasteiger partial charge >= 0.3 is 0 Å². The minimum Gasteiger partial charge on any atom is -0.394 e. The van der Waals surface area contributed by atoms with Gasteiger partial charge in [-0.05, 0) is 35.9 Å². The van der Waals surface area contributed by atoms with Crippen LogP contribution in [0.25, 0.3) is 6.08 Å². The fraction of sp³-hybridized carbons (Fsp3) is 0.286. The van der Waals surface area contributed by atoms with Gasteiger partial charge in [-0.25, -0.2) is 0 Å². The molecule has 152 valence electrons. The minimum absolute atomic E-state index is 0.105. The summed E-state index contributed by atoms with van der Waals surface area (Å²) in [6, 6.07) is 13.3. The van der Waals surface area contributed by atoms with E-state index in [1.807, 2.05) is 53.9 Å². The average molecular weight is 447 g/mol. The van der Waals surface area contributed by atoms with Gasteiger partial charge in [-0.15, -0.1) is 11.3 Å². The molecule has 1 aliphatic heterocycles. The number of carbonyl (C=O) groups is 2. The molecule has 1 atom stereocenters. The largest absolute Gasteiger partial charge is 0.394 e. The van der Waals surface area contributed by atoms with Crippen molar-refractivity contribution in [3.8, 4) is 0 Å². The number of nitrogens with one attached hydrogen (secondary N) is 1. The van der Waals surface area contributed by atoms with Crippen molar-refractivity contribution >= 4 is 57.5 Å². The number of aliphatic hydroxyl groups is 1. The maximum atomic E-state index is 12.6.